The van der Waals surface area contributed by atoms with E-state index in [2.05, 4.69) is 150 Å². The fourth-order valence-corrected chi connectivity index (χ4v) is 16.2. The Bertz CT molecular complexity index is 9030. The van der Waals surface area contributed by atoms with E-state index < -0.39 is 23.4 Å². The van der Waals surface area contributed by atoms with Crippen molar-refractivity contribution >= 4 is 83.9 Å². The summed E-state index contributed by atoms with van der Waals surface area (Å²) < 4.78 is 27.3. The molecular weight excluding hydrogens is 1940 g/mol. The molecule has 0 saturated heterocycles. The van der Waals surface area contributed by atoms with E-state index in [-0.39, 0.29) is 54.9 Å². The van der Waals surface area contributed by atoms with Gasteiger partial charge >= 0.3 is 12.2 Å². The predicted molar refractivity (Wildman–Crippen MR) is 573 cm³/mol. The molecule has 40 heteroatoms. The molecule has 0 fully saturated rings. The molecule has 20 aromatic rings. The summed E-state index contributed by atoms with van der Waals surface area (Å²) in [6.07, 6.45) is 25.6. The molecule has 39 nitrogen and oxygen atoms in total. The van der Waals surface area contributed by atoms with Crippen LogP contribution in [-0.4, -0.2) is 195 Å². The first-order valence-corrected chi connectivity index (χ1v) is 47.8. The SMILES string of the molecule is C.C#CCNC(=O)OC(C)(C)C.Cc1cn2nc(-c3cc(=O)n4cc(Br)ccc4n3)cc2c(C)n1.Cc1cn2nc(-c3cc(=O)n4cc(C#CCN)ccc4n3)cc2c(C)n1.Cc1cn2nc(-c3cc(=O)n4cc(C#CCNC(=O)OC(C)(C)C)ccc4n3)cc2c(C)n1.Cc1cn2nc(-c3cc(=O)n4cc(CCCN(C)C)ccc4n3)cc2c(C)n1.Cc1cn2nc(-c3cc(=O)n4cc(CCCN)ccc4n3)cc2c(C)n1. The summed E-state index contributed by atoms with van der Waals surface area (Å²) >= 11 is 3.36. The van der Waals surface area contributed by atoms with E-state index >= 15 is 0 Å². The summed E-state index contributed by atoms with van der Waals surface area (Å²) in [5.74, 6) is 13.7. The molecular formula is C108H113BrN30O9. The Balaban J connectivity index is 0.000000143. The lowest BCUT2D eigenvalue weighted by Crippen LogP contribution is -2.32. The molecule has 0 aromatic carbocycles. The Labute approximate surface area is 858 Å². The highest BCUT2D eigenvalue weighted by Gasteiger charge is 2.22. The van der Waals surface area contributed by atoms with Gasteiger partial charge in [-0.1, -0.05) is 49.2 Å². The van der Waals surface area contributed by atoms with Crippen LogP contribution in [0.25, 0.3) is 113 Å². The second-order valence-electron chi connectivity index (χ2n) is 37.0. The molecule has 20 aromatic heterocycles. The normalized spacial score (nSPS) is 11.2. The third kappa shape index (κ3) is 26.2. The molecule has 2 amide bonds. The predicted octanol–water partition coefficient (Wildman–Crippen LogP) is 13.2. The van der Waals surface area contributed by atoms with Gasteiger partial charge in [0.25, 0.3) is 27.8 Å². The van der Waals surface area contributed by atoms with Crippen LogP contribution in [0.4, 0.5) is 9.59 Å². The quantitative estimate of drug-likeness (QED) is 0.0735. The highest BCUT2D eigenvalue weighted by atomic mass is 79.9. The summed E-state index contributed by atoms with van der Waals surface area (Å²) in [7, 11) is 4.13. The lowest BCUT2D eigenvalue weighted by molar-refractivity contribution is 0.0523. The van der Waals surface area contributed by atoms with Gasteiger partial charge in [0, 0.05) is 76.9 Å². The molecule has 6 N–H and O–H groups in total. The molecule has 756 valence electrons. The van der Waals surface area contributed by atoms with Crippen molar-refractivity contribution in [2.45, 2.75) is 155 Å². The number of aryl methyl sites for hydroxylation is 12. The largest absolute Gasteiger partial charge is 0.444 e. The van der Waals surface area contributed by atoms with Gasteiger partial charge in [0.15, 0.2) is 0 Å². The van der Waals surface area contributed by atoms with E-state index in [9.17, 15) is 33.6 Å². The number of rotatable bonds is 14. The molecule has 0 aliphatic carbocycles. The van der Waals surface area contributed by atoms with Gasteiger partial charge in [-0.15, -0.1) is 6.42 Å². The molecule has 0 unspecified atom stereocenters. The molecule has 20 heterocycles. The Morgan fingerprint density at radius 2 is 0.655 bits per heavy atom. The number of aromatic nitrogens is 25. The minimum Gasteiger partial charge on any atom is -0.444 e. The van der Waals surface area contributed by atoms with Crippen molar-refractivity contribution in [1.29, 1.82) is 0 Å². The van der Waals surface area contributed by atoms with E-state index in [1.165, 1.54) is 37.5 Å². The molecule has 148 heavy (non-hydrogen) atoms. The number of amides is 2. The van der Waals surface area contributed by atoms with Crippen LogP contribution in [0.15, 0.2) is 212 Å². The summed E-state index contributed by atoms with van der Waals surface area (Å²) in [5, 5.41) is 27.7. The number of terminal acetylenes is 1. The number of nitrogens with one attached hydrogen (secondary N) is 2. The second-order valence-corrected chi connectivity index (χ2v) is 37.9. The van der Waals surface area contributed by atoms with E-state index in [0.717, 1.165) is 132 Å². The smallest absolute Gasteiger partial charge is 0.408 e. The maximum Gasteiger partial charge on any atom is 0.408 e. The fourth-order valence-electron chi connectivity index (χ4n) is 15.8. The number of halogens is 1. The molecule has 0 atom stereocenters. The van der Waals surface area contributed by atoms with E-state index in [1.54, 1.807) is 122 Å². The number of nitrogens with zero attached hydrogens (tertiary/aromatic N) is 26. The van der Waals surface area contributed by atoms with Crippen LogP contribution in [0.2, 0.25) is 0 Å². The highest BCUT2D eigenvalue weighted by Crippen LogP contribution is 2.28. The van der Waals surface area contributed by atoms with Crippen molar-refractivity contribution in [3.05, 3.63) is 319 Å². The molecule has 20 rings (SSSR count). The highest BCUT2D eigenvalue weighted by molar-refractivity contribution is 9.10. The zero-order valence-corrected chi connectivity index (χ0v) is 86.2. The van der Waals surface area contributed by atoms with Crippen LogP contribution in [0.1, 0.15) is 141 Å². The monoisotopic (exact) mass is 2050 g/mol. The van der Waals surface area contributed by atoms with Gasteiger partial charge in [0.2, 0.25) is 0 Å². The van der Waals surface area contributed by atoms with E-state index in [4.69, 9.17) is 27.4 Å². The summed E-state index contributed by atoms with van der Waals surface area (Å²) in [4.78, 5) is 133. The first-order valence-electron chi connectivity index (χ1n) is 47.0. The Morgan fingerprint density at radius 1 is 0.372 bits per heavy atom. The average Bonchev–Trinajstić information content (AvgIpc) is 1.62. The average molecular weight is 2060 g/mol. The maximum atomic E-state index is 12.8. The summed E-state index contributed by atoms with van der Waals surface area (Å²) in [5.41, 5.74) is 34.7. The number of carbonyl (C=O) groups excluding carboxylic acids is 2. The Hall–Kier alpha value is -17.5. The summed E-state index contributed by atoms with van der Waals surface area (Å²) in [6, 6.07) is 35.5. The number of hydrogen-bond acceptors (Lipinski definition) is 27. The third-order valence-corrected chi connectivity index (χ3v) is 22.7. The van der Waals surface area contributed by atoms with Gasteiger partial charge in [0.1, 0.15) is 67.9 Å². The van der Waals surface area contributed by atoms with Gasteiger partial charge < -0.3 is 36.5 Å². The van der Waals surface area contributed by atoms with Gasteiger partial charge in [-0.3, -0.25) is 70.9 Å². The van der Waals surface area contributed by atoms with Crippen molar-refractivity contribution in [3.63, 3.8) is 0 Å². The topological polar surface area (TPSA) is 455 Å². The van der Waals surface area contributed by atoms with Crippen molar-refractivity contribution in [1.82, 2.24) is 135 Å². The van der Waals surface area contributed by atoms with Crippen LogP contribution in [-0.2, 0) is 22.3 Å². The lowest BCUT2D eigenvalue weighted by atomic mass is 10.1. The standard InChI is InChI=1S/C24H24N6O3.C21H24N6O.C19H20N6O.C19H16N6O.C16H12BrN5O.C8H13NO2.CH4/c1-15-13-30-20(16(2)26-15)11-19(28-30)18-12-22(31)29-14-17(8-9-21(29)27-18)7-6-10-25-23(32)33-24(3,4)5;1-14-12-27-19(15(2)22-14)10-18(24-27)17-11-21(28)26-13-16(6-5-9-25(3)4)7-8-20(26)23-17;2*1-12-10-25-17(13(2)21-12)8-16(23-25)15-9-19(26)24-11-14(4-3-7-20)5-6-18(24)22-15;1-9-7-22-14(10(2)18-9)5-13(20-22)12-6-16(23)21-8-11(17)3-4-15(21)19-12;1-5-6-9-7(10)11-8(2,3)4;/h8-9,11-14H,10H2,1-5H3,(H,25,32);7-8,10-13H,5-6,9H2,1-4H3;5-6,8-11H,3-4,7,20H2,1-2H3;5-6,8-11H,7,20H2,1-2H3;3-8H,1-2H3;1H,6H2,2-4H3,(H,9,10);1H4. The molecule has 0 aliphatic rings. The second kappa shape index (κ2) is 45.6. The maximum absolute atomic E-state index is 12.8. The van der Waals surface area contributed by atoms with Gasteiger partial charge in [0.05, 0.1) is 164 Å². The first-order chi connectivity index (χ1) is 70.0. The third-order valence-electron chi connectivity index (χ3n) is 22.3. The number of pyridine rings is 5. The van der Waals surface area contributed by atoms with E-state index in [1.807, 2.05) is 179 Å². The van der Waals surface area contributed by atoms with Crippen LogP contribution in [0.3, 0.4) is 0 Å². The minimum atomic E-state index is -0.569. The van der Waals surface area contributed by atoms with Crippen molar-refractivity contribution < 1.29 is 19.1 Å². The van der Waals surface area contributed by atoms with Crippen molar-refractivity contribution in [3.8, 4) is 93.0 Å². The zero-order valence-electron chi connectivity index (χ0n) is 84.6. The number of hydrogen-bond donors (Lipinski definition) is 4. The Kier molecular flexibility index (Phi) is 32.7. The number of fused-ring (bicyclic) bond motifs is 10. The number of nitrogens with two attached hydrogens (primary N) is 2. The van der Waals surface area contributed by atoms with Crippen LogP contribution in [0, 0.1) is 105 Å². The molecule has 0 spiro atoms. The minimum absolute atomic E-state index is 0. The molecule has 0 bridgehead atoms. The Morgan fingerprint density at radius 3 is 0.953 bits per heavy atom. The van der Waals surface area contributed by atoms with Gasteiger partial charge in [-0.2, -0.15) is 25.5 Å². The van der Waals surface area contributed by atoms with E-state index in [0.29, 0.717) is 103 Å². The number of alkyl carbamates (subject to hydrolysis) is 2. The number of ether oxygens (including phenoxy) is 2. The van der Waals surface area contributed by atoms with Crippen molar-refractivity contribution in [2.75, 3.05) is 46.8 Å². The van der Waals surface area contributed by atoms with Crippen LogP contribution >= 0.6 is 15.9 Å². The van der Waals surface area contributed by atoms with Gasteiger partial charge in [-0.05, 0) is 270 Å². The summed E-state index contributed by atoms with van der Waals surface area (Å²) in [6.45, 7) is 32.3. The van der Waals surface area contributed by atoms with Crippen molar-refractivity contribution in [2.24, 2.45) is 11.5 Å². The zero-order chi connectivity index (χ0) is 105. The lowest BCUT2D eigenvalue weighted by Gasteiger charge is -2.19. The molecule has 0 radical (unpaired) electrons. The first kappa shape index (κ1) is 106. The van der Waals surface area contributed by atoms with Gasteiger partial charge in [-0.25, -0.2) is 57.1 Å². The fraction of sp³-hybridized carbons (Fsp3) is 0.278. The van der Waals surface area contributed by atoms with Crippen LogP contribution < -0.4 is 49.9 Å². The molecule has 0 saturated carbocycles. The van der Waals surface area contributed by atoms with Crippen LogP contribution in [0.5, 0.6) is 0 Å². The molecule has 0 aliphatic heterocycles. The number of carbonyl (C=O) groups is 2.